The highest BCUT2D eigenvalue weighted by molar-refractivity contribution is 5.78. The minimum absolute atomic E-state index is 0.526. The molecule has 0 rings (SSSR count). The zero-order valence-corrected chi connectivity index (χ0v) is 26.6. The number of Topliss-reactive ketones (excluding diaryl/α,β-unsaturated/α-hetero) is 1. The number of carbonyl (C=O) groups excluding carboxylic acids is 1. The summed E-state index contributed by atoms with van der Waals surface area (Å²) in [6, 6.07) is 0. The molecular formula is C36H72O. The van der Waals surface area contributed by atoms with Gasteiger partial charge in [-0.2, -0.15) is 0 Å². The van der Waals surface area contributed by atoms with Crippen LogP contribution in [0.15, 0.2) is 0 Å². The van der Waals surface area contributed by atoms with Crippen molar-refractivity contribution in [3.8, 4) is 0 Å². The molecule has 0 amide bonds. The first-order chi connectivity index (χ1) is 18.0. The summed E-state index contributed by atoms with van der Waals surface area (Å²) in [5.41, 5.74) is 0. The van der Waals surface area contributed by atoms with Gasteiger partial charge in [-0.1, -0.05) is 188 Å². The number of carbonyl (C=O) groups is 1. The monoisotopic (exact) mass is 521 g/mol. The molecule has 0 aliphatic rings. The molecule has 0 fully saturated rings. The Hall–Kier alpha value is -0.330. The molecule has 0 radical (unpaired) electrons. The molecule has 0 atom stereocenters. The summed E-state index contributed by atoms with van der Waals surface area (Å²) in [5.74, 6) is 2.28. The van der Waals surface area contributed by atoms with Crippen LogP contribution >= 0.6 is 0 Å². The van der Waals surface area contributed by atoms with Gasteiger partial charge in [0.2, 0.25) is 0 Å². The average molecular weight is 521 g/mol. The van der Waals surface area contributed by atoms with E-state index in [1.54, 1.807) is 0 Å². The smallest absolute Gasteiger partial charge is 0.132 e. The van der Waals surface area contributed by atoms with Gasteiger partial charge in [0.15, 0.2) is 0 Å². The van der Waals surface area contributed by atoms with E-state index < -0.39 is 0 Å². The molecule has 0 N–H and O–H groups in total. The number of rotatable bonds is 31. The highest BCUT2D eigenvalue weighted by atomic mass is 16.1. The summed E-state index contributed by atoms with van der Waals surface area (Å²) in [6.07, 6.45) is 39.1. The molecule has 0 heterocycles. The van der Waals surface area contributed by atoms with Crippen molar-refractivity contribution < 1.29 is 4.79 Å². The number of hydrogen-bond donors (Lipinski definition) is 0. The lowest BCUT2D eigenvalue weighted by Gasteiger charge is -2.05. The summed E-state index contributed by atoms with van der Waals surface area (Å²) >= 11 is 0. The van der Waals surface area contributed by atoms with E-state index in [1.807, 2.05) is 0 Å². The lowest BCUT2D eigenvalue weighted by Crippen LogP contribution is -1.97. The third-order valence-electron chi connectivity index (χ3n) is 8.22. The van der Waals surface area contributed by atoms with E-state index in [1.165, 1.54) is 161 Å². The molecule has 0 bridgehead atoms. The number of ketones is 1. The van der Waals surface area contributed by atoms with Crippen LogP contribution in [0.5, 0.6) is 0 Å². The highest BCUT2D eigenvalue weighted by Crippen LogP contribution is 2.16. The third kappa shape index (κ3) is 33.6. The largest absolute Gasteiger partial charge is 0.300 e. The van der Waals surface area contributed by atoms with Crippen LogP contribution in [0, 0.1) is 11.8 Å². The predicted octanol–water partition coefficient (Wildman–Crippen LogP) is 13.2. The molecule has 0 aromatic rings. The molecule has 0 aliphatic carbocycles. The van der Waals surface area contributed by atoms with E-state index >= 15 is 0 Å². The topological polar surface area (TPSA) is 17.1 Å². The molecule has 0 saturated carbocycles. The van der Waals surface area contributed by atoms with Crippen molar-refractivity contribution in [2.75, 3.05) is 0 Å². The van der Waals surface area contributed by atoms with Gasteiger partial charge in [-0.15, -0.1) is 0 Å². The van der Waals surface area contributed by atoms with Crippen molar-refractivity contribution >= 4 is 5.78 Å². The number of unbranched alkanes of at least 4 members (excludes halogenated alkanes) is 23. The zero-order valence-electron chi connectivity index (χ0n) is 26.6. The van der Waals surface area contributed by atoms with Crippen LogP contribution in [0.2, 0.25) is 0 Å². The van der Waals surface area contributed by atoms with Crippen LogP contribution in [0.1, 0.15) is 214 Å². The van der Waals surface area contributed by atoms with Crippen molar-refractivity contribution in [1.29, 1.82) is 0 Å². The lowest BCUT2D eigenvalue weighted by atomic mass is 10.0. The quantitative estimate of drug-likeness (QED) is 0.0830. The standard InChI is InChI=1S/C36H72O/c1-34(2)30-26-22-18-14-10-6-5-7-12-16-20-24-28-32-36(37)33-29-25-21-17-13-9-8-11-15-19-23-27-31-35(3)4/h34-35H,5-33H2,1-4H3. The fraction of sp³-hybridized carbons (Fsp3) is 0.972. The third-order valence-corrected chi connectivity index (χ3v) is 8.22. The van der Waals surface area contributed by atoms with Crippen LogP contribution in [0.25, 0.3) is 0 Å². The first-order valence-electron chi connectivity index (χ1n) is 17.5. The van der Waals surface area contributed by atoms with Gasteiger partial charge in [-0.25, -0.2) is 0 Å². The Balaban J connectivity index is 3.16. The van der Waals surface area contributed by atoms with Gasteiger partial charge in [-0.05, 0) is 24.7 Å². The molecule has 37 heavy (non-hydrogen) atoms. The van der Waals surface area contributed by atoms with Gasteiger partial charge >= 0.3 is 0 Å². The van der Waals surface area contributed by atoms with E-state index in [0.29, 0.717) is 5.78 Å². The molecule has 0 unspecified atom stereocenters. The molecule has 0 aromatic carbocycles. The Bertz CT molecular complexity index is 438. The minimum atomic E-state index is 0.526. The molecule has 1 heteroatoms. The van der Waals surface area contributed by atoms with Crippen molar-refractivity contribution in [2.24, 2.45) is 11.8 Å². The minimum Gasteiger partial charge on any atom is -0.300 e. The number of hydrogen-bond acceptors (Lipinski definition) is 1. The summed E-state index contributed by atoms with van der Waals surface area (Å²) in [4.78, 5) is 12.1. The fourth-order valence-corrected chi connectivity index (χ4v) is 5.59. The molecule has 0 aliphatic heterocycles. The fourth-order valence-electron chi connectivity index (χ4n) is 5.59. The van der Waals surface area contributed by atoms with E-state index in [0.717, 1.165) is 37.5 Å². The molecule has 0 aromatic heterocycles. The maximum atomic E-state index is 12.1. The summed E-state index contributed by atoms with van der Waals surface area (Å²) in [6.45, 7) is 9.34. The van der Waals surface area contributed by atoms with E-state index in [9.17, 15) is 4.79 Å². The second kappa shape index (κ2) is 30.2. The first-order valence-corrected chi connectivity index (χ1v) is 17.5. The Morgan fingerprint density at radius 1 is 0.324 bits per heavy atom. The molecule has 0 saturated heterocycles. The molecule has 0 spiro atoms. The maximum Gasteiger partial charge on any atom is 0.132 e. The Morgan fingerprint density at radius 2 is 0.514 bits per heavy atom. The van der Waals surface area contributed by atoms with Gasteiger partial charge in [0.1, 0.15) is 5.78 Å². The van der Waals surface area contributed by atoms with Crippen LogP contribution in [-0.4, -0.2) is 5.78 Å². The molecule has 222 valence electrons. The first kappa shape index (κ1) is 36.7. The van der Waals surface area contributed by atoms with Crippen molar-refractivity contribution in [3.63, 3.8) is 0 Å². The van der Waals surface area contributed by atoms with Gasteiger partial charge in [0.25, 0.3) is 0 Å². The van der Waals surface area contributed by atoms with Crippen LogP contribution in [0.3, 0.4) is 0 Å². The van der Waals surface area contributed by atoms with Gasteiger partial charge in [-0.3, -0.25) is 4.79 Å². The van der Waals surface area contributed by atoms with Gasteiger partial charge in [0, 0.05) is 12.8 Å². The van der Waals surface area contributed by atoms with Crippen molar-refractivity contribution in [3.05, 3.63) is 0 Å². The Morgan fingerprint density at radius 3 is 0.730 bits per heavy atom. The normalized spacial score (nSPS) is 11.7. The molecular weight excluding hydrogens is 448 g/mol. The van der Waals surface area contributed by atoms with E-state index in [2.05, 4.69) is 27.7 Å². The summed E-state index contributed by atoms with van der Waals surface area (Å²) in [7, 11) is 0. The summed E-state index contributed by atoms with van der Waals surface area (Å²) in [5, 5.41) is 0. The van der Waals surface area contributed by atoms with Crippen LogP contribution in [-0.2, 0) is 4.79 Å². The SMILES string of the molecule is CC(C)CCCCCCCCCCCCCCCC(=O)CCCCCCCCCCCCCCC(C)C. The Kier molecular flexibility index (Phi) is 29.9. The van der Waals surface area contributed by atoms with Gasteiger partial charge < -0.3 is 0 Å². The maximum absolute atomic E-state index is 12.1. The van der Waals surface area contributed by atoms with Crippen LogP contribution in [0.4, 0.5) is 0 Å². The van der Waals surface area contributed by atoms with Crippen LogP contribution < -0.4 is 0 Å². The van der Waals surface area contributed by atoms with E-state index in [-0.39, 0.29) is 0 Å². The Labute approximate surface area is 236 Å². The lowest BCUT2D eigenvalue weighted by molar-refractivity contribution is -0.119. The van der Waals surface area contributed by atoms with Crippen molar-refractivity contribution in [1.82, 2.24) is 0 Å². The van der Waals surface area contributed by atoms with E-state index in [4.69, 9.17) is 0 Å². The second-order valence-electron chi connectivity index (χ2n) is 13.2. The van der Waals surface area contributed by atoms with Gasteiger partial charge in [0.05, 0.1) is 0 Å². The van der Waals surface area contributed by atoms with Crippen molar-refractivity contribution in [2.45, 2.75) is 214 Å². The summed E-state index contributed by atoms with van der Waals surface area (Å²) < 4.78 is 0. The second-order valence-corrected chi connectivity index (χ2v) is 13.2. The highest BCUT2D eigenvalue weighted by Gasteiger charge is 2.02. The predicted molar refractivity (Wildman–Crippen MR) is 169 cm³/mol. The molecule has 1 nitrogen and oxygen atoms in total. The average Bonchev–Trinajstić information content (AvgIpc) is 2.86. The zero-order chi connectivity index (χ0) is 27.2.